The minimum atomic E-state index is -1.24. The summed E-state index contributed by atoms with van der Waals surface area (Å²) in [6.07, 6.45) is 10.6. The van der Waals surface area contributed by atoms with Crippen LogP contribution in [0.2, 0.25) is 0 Å². The van der Waals surface area contributed by atoms with E-state index < -0.39 is 5.67 Å². The monoisotopic (exact) mass is 442 g/mol. The lowest BCUT2D eigenvalue weighted by Crippen LogP contribution is -2.32. The van der Waals surface area contributed by atoms with E-state index in [4.69, 9.17) is 5.11 Å². The van der Waals surface area contributed by atoms with Gasteiger partial charge < -0.3 is 5.11 Å². The molecule has 1 nitrogen and oxygen atoms in total. The van der Waals surface area contributed by atoms with Gasteiger partial charge in [-0.15, -0.1) is 0 Å². The Balaban J connectivity index is 3.69. The first-order chi connectivity index (χ1) is 10.7. The lowest BCUT2D eigenvalue weighted by Gasteiger charge is -2.25. The van der Waals surface area contributed by atoms with Crippen LogP contribution in [0.1, 0.15) is 92.4 Å². The molecule has 0 heterocycles. The number of aliphatic hydroxyl groups excluding tert-OH is 1. The number of rotatable bonds is 14. The lowest BCUT2D eigenvalue weighted by atomic mass is 9.90. The van der Waals surface area contributed by atoms with Gasteiger partial charge in [0.05, 0.1) is 10.5 Å². The van der Waals surface area contributed by atoms with Crippen molar-refractivity contribution in [2.45, 2.75) is 102 Å². The summed E-state index contributed by atoms with van der Waals surface area (Å²) in [7, 11) is 0. The maximum Gasteiger partial charge on any atom is 0.122 e. The predicted molar refractivity (Wildman–Crippen MR) is 109 cm³/mol. The summed E-state index contributed by atoms with van der Waals surface area (Å²) in [5, 5.41) is 9.09. The molecule has 0 saturated carbocycles. The van der Waals surface area contributed by atoms with Crippen LogP contribution in [0.25, 0.3) is 0 Å². The van der Waals surface area contributed by atoms with Gasteiger partial charge in [-0.2, -0.15) is 0 Å². The van der Waals surface area contributed by atoms with Crippen molar-refractivity contribution in [3.63, 3.8) is 0 Å². The van der Waals surface area contributed by atoms with Crippen LogP contribution in [-0.2, 0) is 0 Å². The van der Waals surface area contributed by atoms with Crippen LogP contribution in [0, 0.1) is 17.8 Å². The zero-order valence-electron chi connectivity index (χ0n) is 16.1. The Hall–Kier alpha value is 0.620. The summed E-state index contributed by atoms with van der Waals surface area (Å²) in [4.78, 5) is 0. The molecule has 0 spiro atoms. The van der Waals surface area contributed by atoms with Gasteiger partial charge in [0.25, 0.3) is 0 Å². The molecule has 1 N–H and O–H groups in total. The summed E-state index contributed by atoms with van der Waals surface area (Å²) < 4.78 is 14.0. The maximum absolute atomic E-state index is 14.3. The van der Waals surface area contributed by atoms with E-state index in [1.807, 2.05) is 22.6 Å². The Labute approximate surface area is 158 Å². The molecule has 0 aliphatic heterocycles. The van der Waals surface area contributed by atoms with E-state index in [1.54, 1.807) is 6.92 Å². The van der Waals surface area contributed by atoms with E-state index >= 15 is 0 Å². The van der Waals surface area contributed by atoms with Crippen LogP contribution < -0.4 is 0 Å². The normalized spacial score (nSPS) is 18.7. The molecule has 0 saturated heterocycles. The number of aliphatic hydroxyl groups is 1. The molecule has 0 radical (unpaired) electrons. The smallest absolute Gasteiger partial charge is 0.122 e. The molecule has 23 heavy (non-hydrogen) atoms. The first kappa shape index (κ1) is 23.6. The highest BCUT2D eigenvalue weighted by atomic mass is 127. The Kier molecular flexibility index (Phi) is 13.3. The van der Waals surface area contributed by atoms with Gasteiger partial charge in [0.15, 0.2) is 0 Å². The summed E-state index contributed by atoms with van der Waals surface area (Å²) in [6, 6.07) is 0. The SMILES string of the molecule is CC(C)CCCC(C)CCCC(C)CCCC(C)(F)C(I)CO. The molecule has 140 valence electrons. The van der Waals surface area contributed by atoms with Crippen molar-refractivity contribution in [1.82, 2.24) is 0 Å². The second-order valence-electron chi connectivity index (χ2n) is 8.29. The second kappa shape index (κ2) is 12.9. The molecule has 0 fully saturated rings. The van der Waals surface area contributed by atoms with E-state index in [-0.39, 0.29) is 10.5 Å². The van der Waals surface area contributed by atoms with Crippen LogP contribution in [0.5, 0.6) is 0 Å². The molecule has 0 amide bonds. The van der Waals surface area contributed by atoms with Crippen LogP contribution >= 0.6 is 22.6 Å². The number of hydrogen-bond acceptors (Lipinski definition) is 1. The fourth-order valence-corrected chi connectivity index (χ4v) is 3.43. The molecule has 0 aromatic heterocycles. The number of halogens is 2. The summed E-state index contributed by atoms with van der Waals surface area (Å²) >= 11 is 2.02. The maximum atomic E-state index is 14.3. The predicted octanol–water partition coefficient (Wildman–Crippen LogP) is 6.95. The molecule has 3 heteroatoms. The summed E-state index contributed by atoms with van der Waals surface area (Å²) in [5.41, 5.74) is -1.24. The minimum absolute atomic E-state index is 0.0716. The minimum Gasteiger partial charge on any atom is -0.395 e. The number of alkyl halides is 2. The molecule has 0 bridgehead atoms. The van der Waals surface area contributed by atoms with Crippen LogP contribution in [-0.4, -0.2) is 21.3 Å². The Bertz CT molecular complexity index is 281. The summed E-state index contributed by atoms with van der Waals surface area (Å²) in [5.74, 6) is 2.37. The molecular formula is C20H40FIO. The largest absolute Gasteiger partial charge is 0.395 e. The van der Waals surface area contributed by atoms with Crippen molar-refractivity contribution in [3.05, 3.63) is 0 Å². The van der Waals surface area contributed by atoms with Crippen LogP contribution in [0.4, 0.5) is 4.39 Å². The van der Waals surface area contributed by atoms with E-state index in [0.717, 1.165) is 24.7 Å². The van der Waals surface area contributed by atoms with Gasteiger partial charge in [-0.25, -0.2) is 4.39 Å². The average molecular weight is 442 g/mol. The third-order valence-electron chi connectivity index (χ3n) is 5.05. The van der Waals surface area contributed by atoms with E-state index in [9.17, 15) is 4.39 Å². The fraction of sp³-hybridized carbons (Fsp3) is 1.00. The molecule has 0 aromatic carbocycles. The van der Waals surface area contributed by atoms with Gasteiger partial charge in [0.1, 0.15) is 5.67 Å². The van der Waals surface area contributed by atoms with Crippen molar-refractivity contribution in [2.24, 2.45) is 17.8 Å². The van der Waals surface area contributed by atoms with Gasteiger partial charge in [-0.05, 0) is 37.5 Å². The van der Waals surface area contributed by atoms with Crippen molar-refractivity contribution in [2.75, 3.05) is 6.61 Å². The second-order valence-corrected chi connectivity index (χ2v) is 9.79. The van der Waals surface area contributed by atoms with Crippen molar-refractivity contribution in [3.8, 4) is 0 Å². The third-order valence-corrected chi connectivity index (χ3v) is 6.74. The van der Waals surface area contributed by atoms with Crippen molar-refractivity contribution >= 4 is 22.6 Å². The average Bonchev–Trinajstić information content (AvgIpc) is 2.45. The molecule has 0 aliphatic carbocycles. The third kappa shape index (κ3) is 12.6. The molecular weight excluding hydrogens is 402 g/mol. The highest BCUT2D eigenvalue weighted by molar-refractivity contribution is 14.1. The number of hydrogen-bond donors (Lipinski definition) is 1. The van der Waals surface area contributed by atoms with Crippen LogP contribution in [0.15, 0.2) is 0 Å². The van der Waals surface area contributed by atoms with Gasteiger partial charge in [0, 0.05) is 0 Å². The van der Waals surface area contributed by atoms with Crippen molar-refractivity contribution < 1.29 is 9.50 Å². The Morgan fingerprint density at radius 1 is 0.870 bits per heavy atom. The van der Waals surface area contributed by atoms with Crippen LogP contribution in [0.3, 0.4) is 0 Å². The molecule has 4 unspecified atom stereocenters. The first-order valence-corrected chi connectivity index (χ1v) is 10.9. The Morgan fingerprint density at radius 2 is 1.30 bits per heavy atom. The quantitative estimate of drug-likeness (QED) is 0.228. The zero-order chi connectivity index (χ0) is 17.9. The van der Waals surface area contributed by atoms with E-state index in [1.165, 1.54) is 38.5 Å². The summed E-state index contributed by atoms with van der Waals surface area (Å²) in [6.45, 7) is 10.8. The fourth-order valence-electron chi connectivity index (χ4n) is 3.12. The topological polar surface area (TPSA) is 20.2 Å². The molecule has 0 aromatic rings. The van der Waals surface area contributed by atoms with Gasteiger partial charge >= 0.3 is 0 Å². The van der Waals surface area contributed by atoms with E-state index in [2.05, 4.69) is 27.7 Å². The molecule has 4 atom stereocenters. The standard InChI is InChI=1S/C20H40FIO/c1-16(2)9-6-10-17(3)11-7-12-18(4)13-8-14-20(5,21)19(22)15-23/h16-19,23H,6-15H2,1-5H3. The van der Waals surface area contributed by atoms with Gasteiger partial charge in [-0.3, -0.25) is 0 Å². The molecule has 0 aliphatic rings. The van der Waals surface area contributed by atoms with Gasteiger partial charge in [0.2, 0.25) is 0 Å². The first-order valence-electron chi connectivity index (χ1n) is 9.62. The highest BCUT2D eigenvalue weighted by Gasteiger charge is 2.31. The van der Waals surface area contributed by atoms with Crippen molar-refractivity contribution in [1.29, 1.82) is 0 Å². The van der Waals surface area contributed by atoms with E-state index in [0.29, 0.717) is 12.3 Å². The highest BCUT2D eigenvalue weighted by Crippen LogP contribution is 2.30. The zero-order valence-corrected chi connectivity index (χ0v) is 18.2. The van der Waals surface area contributed by atoms with Gasteiger partial charge in [-0.1, -0.05) is 95.2 Å². The lowest BCUT2D eigenvalue weighted by molar-refractivity contribution is 0.134. The molecule has 0 rings (SSSR count). The Morgan fingerprint density at radius 3 is 1.74 bits per heavy atom.